The SMILES string of the molecule is Cc1ccc(OC[C@@H]2CCCN(C(=O)Cn3ccccc3=O)C2)cc1. The first-order chi connectivity index (χ1) is 12.1. The molecule has 5 nitrogen and oxygen atoms in total. The van der Waals surface area contributed by atoms with Crippen LogP contribution in [-0.2, 0) is 11.3 Å². The Kier molecular flexibility index (Phi) is 5.53. The highest BCUT2D eigenvalue weighted by atomic mass is 16.5. The molecule has 1 aliphatic heterocycles. The largest absolute Gasteiger partial charge is 0.493 e. The highest BCUT2D eigenvalue weighted by Gasteiger charge is 2.24. The summed E-state index contributed by atoms with van der Waals surface area (Å²) in [5.41, 5.74) is 1.06. The molecule has 0 radical (unpaired) electrons. The van der Waals surface area contributed by atoms with E-state index in [-0.39, 0.29) is 18.0 Å². The maximum atomic E-state index is 12.5. The van der Waals surface area contributed by atoms with Crippen molar-refractivity contribution in [2.75, 3.05) is 19.7 Å². The molecule has 1 aromatic carbocycles. The van der Waals surface area contributed by atoms with Gasteiger partial charge in [-0.1, -0.05) is 23.8 Å². The number of ether oxygens (including phenoxy) is 1. The topological polar surface area (TPSA) is 51.5 Å². The number of aryl methyl sites for hydroxylation is 1. The van der Waals surface area contributed by atoms with Gasteiger partial charge in [-0.15, -0.1) is 0 Å². The number of hydrogen-bond acceptors (Lipinski definition) is 3. The Balaban J connectivity index is 1.53. The van der Waals surface area contributed by atoms with E-state index in [2.05, 4.69) is 0 Å². The molecule has 2 aromatic rings. The lowest BCUT2D eigenvalue weighted by Gasteiger charge is -2.32. The molecule has 0 spiro atoms. The number of rotatable bonds is 5. The number of hydrogen-bond donors (Lipinski definition) is 0. The summed E-state index contributed by atoms with van der Waals surface area (Å²) in [6.45, 7) is 4.20. The first kappa shape index (κ1) is 17.3. The van der Waals surface area contributed by atoms with Crippen molar-refractivity contribution in [1.29, 1.82) is 0 Å². The smallest absolute Gasteiger partial charge is 0.250 e. The van der Waals surface area contributed by atoms with Crippen LogP contribution in [0.5, 0.6) is 5.75 Å². The van der Waals surface area contributed by atoms with Crippen LogP contribution in [0.2, 0.25) is 0 Å². The standard InChI is InChI=1S/C20H24N2O3/c1-16-7-9-18(10-8-16)25-15-17-5-4-12-21(13-17)20(24)14-22-11-3-2-6-19(22)23/h2-3,6-11,17H,4-5,12-15H2,1H3/t17-/m1/s1. The van der Waals surface area contributed by atoms with Crippen molar-refractivity contribution >= 4 is 5.91 Å². The fourth-order valence-electron chi connectivity index (χ4n) is 3.11. The number of carbonyl (C=O) groups excluding carboxylic acids is 1. The zero-order valence-corrected chi connectivity index (χ0v) is 14.6. The Morgan fingerprint density at radius 3 is 2.76 bits per heavy atom. The summed E-state index contributed by atoms with van der Waals surface area (Å²) in [7, 11) is 0. The van der Waals surface area contributed by atoms with Crippen LogP contribution in [0.15, 0.2) is 53.5 Å². The van der Waals surface area contributed by atoms with Crippen LogP contribution in [-0.4, -0.2) is 35.1 Å². The number of pyridine rings is 1. The minimum absolute atomic E-state index is 0.00617. The number of aromatic nitrogens is 1. The van der Waals surface area contributed by atoms with E-state index in [4.69, 9.17) is 4.74 Å². The summed E-state index contributed by atoms with van der Waals surface area (Å²) in [6.07, 6.45) is 3.68. The van der Waals surface area contributed by atoms with Crippen LogP contribution in [0.4, 0.5) is 0 Å². The number of carbonyl (C=O) groups is 1. The van der Waals surface area contributed by atoms with Crippen molar-refractivity contribution in [2.24, 2.45) is 5.92 Å². The quantitative estimate of drug-likeness (QED) is 0.840. The summed E-state index contributed by atoms with van der Waals surface area (Å²) >= 11 is 0. The zero-order chi connectivity index (χ0) is 17.6. The van der Waals surface area contributed by atoms with Gasteiger partial charge in [-0.25, -0.2) is 0 Å². The normalized spacial score (nSPS) is 17.3. The second-order valence-electron chi connectivity index (χ2n) is 6.64. The predicted octanol–water partition coefficient (Wildman–Crippen LogP) is 2.47. The summed E-state index contributed by atoms with van der Waals surface area (Å²) in [5.74, 6) is 1.18. The Hall–Kier alpha value is -2.56. The van der Waals surface area contributed by atoms with Gasteiger partial charge in [0.15, 0.2) is 0 Å². The van der Waals surface area contributed by atoms with Crippen molar-refractivity contribution in [3.8, 4) is 5.75 Å². The molecule has 0 aliphatic carbocycles. The fourth-order valence-corrected chi connectivity index (χ4v) is 3.11. The molecule has 1 fully saturated rings. The van der Waals surface area contributed by atoms with Crippen molar-refractivity contribution in [3.63, 3.8) is 0 Å². The molecule has 0 bridgehead atoms. The van der Waals surface area contributed by atoms with Crippen molar-refractivity contribution < 1.29 is 9.53 Å². The minimum Gasteiger partial charge on any atom is -0.493 e. The molecule has 1 aromatic heterocycles. The van der Waals surface area contributed by atoms with Gasteiger partial charge in [-0.05, 0) is 38.0 Å². The molecule has 2 heterocycles. The molecule has 1 atom stereocenters. The van der Waals surface area contributed by atoms with Gasteiger partial charge in [0.25, 0.3) is 5.56 Å². The summed E-state index contributed by atoms with van der Waals surface area (Å²) in [5, 5.41) is 0. The lowest BCUT2D eigenvalue weighted by Crippen LogP contribution is -2.43. The molecule has 3 rings (SSSR count). The molecule has 1 amide bonds. The Morgan fingerprint density at radius 2 is 2.00 bits per heavy atom. The van der Waals surface area contributed by atoms with Crippen molar-refractivity contribution in [3.05, 3.63) is 64.6 Å². The van der Waals surface area contributed by atoms with E-state index in [0.29, 0.717) is 19.1 Å². The first-order valence-electron chi connectivity index (χ1n) is 8.74. The molecule has 0 saturated carbocycles. The number of amides is 1. The van der Waals surface area contributed by atoms with Gasteiger partial charge in [0, 0.05) is 31.3 Å². The van der Waals surface area contributed by atoms with Crippen LogP contribution < -0.4 is 10.3 Å². The minimum atomic E-state index is -0.146. The van der Waals surface area contributed by atoms with Crippen LogP contribution in [0, 0.1) is 12.8 Å². The molecule has 1 aliphatic rings. The van der Waals surface area contributed by atoms with Crippen molar-refractivity contribution in [1.82, 2.24) is 9.47 Å². The van der Waals surface area contributed by atoms with E-state index in [1.54, 1.807) is 18.3 Å². The second-order valence-corrected chi connectivity index (χ2v) is 6.64. The van der Waals surface area contributed by atoms with Gasteiger partial charge in [0.05, 0.1) is 6.61 Å². The number of nitrogens with zero attached hydrogens (tertiary/aromatic N) is 2. The molecule has 25 heavy (non-hydrogen) atoms. The first-order valence-corrected chi connectivity index (χ1v) is 8.74. The Bertz CT molecular complexity index is 767. The molecular formula is C20H24N2O3. The average molecular weight is 340 g/mol. The Labute approximate surface area is 147 Å². The van der Waals surface area contributed by atoms with Crippen LogP contribution in [0.1, 0.15) is 18.4 Å². The third-order valence-corrected chi connectivity index (χ3v) is 4.58. The van der Waals surface area contributed by atoms with Gasteiger partial charge in [-0.3, -0.25) is 9.59 Å². The van der Waals surface area contributed by atoms with Gasteiger partial charge in [-0.2, -0.15) is 0 Å². The third-order valence-electron chi connectivity index (χ3n) is 4.58. The van der Waals surface area contributed by atoms with Crippen LogP contribution in [0.3, 0.4) is 0 Å². The molecule has 1 saturated heterocycles. The predicted molar refractivity (Wildman–Crippen MR) is 96.7 cm³/mol. The highest BCUT2D eigenvalue weighted by molar-refractivity contribution is 5.76. The number of benzene rings is 1. The van der Waals surface area contributed by atoms with E-state index in [0.717, 1.165) is 25.1 Å². The molecule has 132 valence electrons. The Morgan fingerprint density at radius 1 is 1.20 bits per heavy atom. The fraction of sp³-hybridized carbons (Fsp3) is 0.400. The lowest BCUT2D eigenvalue weighted by atomic mass is 9.99. The number of piperidine rings is 1. The van der Waals surface area contributed by atoms with Gasteiger partial charge in [0.1, 0.15) is 12.3 Å². The van der Waals surface area contributed by atoms with E-state index in [9.17, 15) is 9.59 Å². The van der Waals surface area contributed by atoms with E-state index >= 15 is 0 Å². The maximum absolute atomic E-state index is 12.5. The molecule has 5 heteroatoms. The summed E-state index contributed by atoms with van der Waals surface area (Å²) in [4.78, 5) is 26.1. The monoisotopic (exact) mass is 340 g/mol. The molecule has 0 N–H and O–H groups in total. The number of likely N-dealkylation sites (tertiary alicyclic amines) is 1. The summed E-state index contributed by atoms with van der Waals surface area (Å²) < 4.78 is 7.33. The highest BCUT2D eigenvalue weighted by Crippen LogP contribution is 2.19. The second kappa shape index (κ2) is 8.01. The lowest BCUT2D eigenvalue weighted by molar-refractivity contribution is -0.133. The zero-order valence-electron chi connectivity index (χ0n) is 14.6. The van der Waals surface area contributed by atoms with Crippen LogP contribution in [0.25, 0.3) is 0 Å². The third kappa shape index (κ3) is 4.72. The average Bonchev–Trinajstić information content (AvgIpc) is 2.63. The van der Waals surface area contributed by atoms with Gasteiger partial charge >= 0.3 is 0 Å². The van der Waals surface area contributed by atoms with E-state index in [1.165, 1.54) is 16.2 Å². The molecule has 0 unspecified atom stereocenters. The molecular weight excluding hydrogens is 316 g/mol. The summed E-state index contributed by atoms with van der Waals surface area (Å²) in [6, 6.07) is 12.9. The van der Waals surface area contributed by atoms with Gasteiger partial charge in [0.2, 0.25) is 5.91 Å². The van der Waals surface area contributed by atoms with Crippen molar-refractivity contribution in [2.45, 2.75) is 26.3 Å². The maximum Gasteiger partial charge on any atom is 0.250 e. The van der Waals surface area contributed by atoms with Crippen LogP contribution >= 0.6 is 0 Å². The van der Waals surface area contributed by atoms with Gasteiger partial charge < -0.3 is 14.2 Å². The van der Waals surface area contributed by atoms with E-state index in [1.807, 2.05) is 36.1 Å². The van der Waals surface area contributed by atoms with E-state index < -0.39 is 0 Å².